The lowest BCUT2D eigenvalue weighted by atomic mass is 10.2. The Labute approximate surface area is 156 Å². The molecule has 1 aromatic carbocycles. The van der Waals surface area contributed by atoms with E-state index in [4.69, 9.17) is 0 Å². The Morgan fingerprint density at radius 2 is 2.04 bits per heavy atom. The number of fused-ring (bicyclic) bond motifs is 4. The summed E-state index contributed by atoms with van der Waals surface area (Å²) < 4.78 is 33.2. The van der Waals surface area contributed by atoms with Gasteiger partial charge >= 0.3 is 6.47 Å². The van der Waals surface area contributed by atoms with Crippen molar-refractivity contribution in [2.45, 2.75) is 19.8 Å². The maximum atomic E-state index is 14.4. The van der Waals surface area contributed by atoms with Crippen LogP contribution >= 0.6 is 18.8 Å². The highest BCUT2D eigenvalue weighted by Crippen LogP contribution is 2.39. The quantitative estimate of drug-likeness (QED) is 0.712. The molecule has 0 bridgehead atoms. The summed E-state index contributed by atoms with van der Waals surface area (Å²) in [5.74, 6) is 0.650. The fourth-order valence-electron chi connectivity index (χ4n) is 3.29. The maximum Gasteiger partial charge on any atom is 0.362 e. The second-order valence-electron chi connectivity index (χ2n) is 6.56. The number of rotatable bonds is 3. The smallest absolute Gasteiger partial charge is 0.362 e. The highest BCUT2D eigenvalue weighted by atomic mass is 32.5. The second kappa shape index (κ2) is 5.99. The van der Waals surface area contributed by atoms with Gasteiger partial charge in [-0.2, -0.15) is 8.51 Å². The molecule has 0 aliphatic carbocycles. The zero-order valence-electron chi connectivity index (χ0n) is 14.8. The van der Waals surface area contributed by atoms with Gasteiger partial charge in [0.2, 0.25) is 17.3 Å². The summed E-state index contributed by atoms with van der Waals surface area (Å²) in [5.41, 5.74) is 1.05. The molecule has 2 aromatic heterocycles. The maximum absolute atomic E-state index is 14.4. The molecule has 4 rings (SSSR count). The molecule has 1 N–H and O–H groups in total. The average Bonchev–Trinajstić information content (AvgIpc) is 3.20. The van der Waals surface area contributed by atoms with E-state index in [0.717, 1.165) is 5.39 Å². The Morgan fingerprint density at radius 1 is 1.35 bits per heavy atom. The van der Waals surface area contributed by atoms with E-state index in [1.807, 2.05) is 32.0 Å². The van der Waals surface area contributed by atoms with Crippen molar-refractivity contribution in [1.29, 1.82) is 0 Å². The number of hydrogen-bond donors (Lipinski definition) is 1. The first kappa shape index (κ1) is 17.9. The van der Waals surface area contributed by atoms with Crippen LogP contribution in [0.1, 0.15) is 31.3 Å². The first-order chi connectivity index (χ1) is 12.3. The van der Waals surface area contributed by atoms with Gasteiger partial charge in [-0.05, 0) is 12.1 Å². The molecule has 1 aliphatic heterocycles. The molecule has 6 nitrogen and oxygen atoms in total. The molecule has 0 saturated heterocycles. The van der Waals surface area contributed by atoms with Crippen LogP contribution in [0.25, 0.3) is 16.7 Å². The zero-order valence-corrected chi connectivity index (χ0v) is 17.3. The van der Waals surface area contributed by atoms with Crippen LogP contribution in [-0.4, -0.2) is 40.4 Å². The van der Waals surface area contributed by atoms with Crippen molar-refractivity contribution in [2.75, 3.05) is 14.1 Å². The number of para-hydroxylation sites is 1. The molecule has 0 amide bonds. The van der Waals surface area contributed by atoms with E-state index in [1.165, 1.54) is 3.73 Å². The number of aliphatic hydroxyl groups is 1. The summed E-state index contributed by atoms with van der Waals surface area (Å²) in [6.07, 6.45) is 1.56. The zero-order chi connectivity index (χ0) is 18.8. The molecule has 1 aliphatic rings. The molecular formula is C16H19FN4O2PS2+. The standard InChI is InChI=1S/C16H18FN4O2PS2/c1-10(2)16-18-9-13-14(22)15-11-7-5-6-8-12(11)21(25-17)24(15)26(23,19(3)4)20(13)16/h5-10H,1-4H3/p+1. The highest BCUT2D eigenvalue weighted by Gasteiger charge is 2.41. The van der Waals surface area contributed by atoms with Crippen molar-refractivity contribution in [1.82, 2.24) is 17.0 Å². The van der Waals surface area contributed by atoms with Crippen LogP contribution in [0.15, 0.2) is 30.5 Å². The predicted octanol–water partition coefficient (Wildman–Crippen LogP) is 3.63. The van der Waals surface area contributed by atoms with Crippen LogP contribution in [0.2, 0.25) is 0 Å². The summed E-state index contributed by atoms with van der Waals surface area (Å²) in [6.45, 7) is 2.21. The van der Waals surface area contributed by atoms with Crippen LogP contribution in [-0.2, 0) is 9.48 Å². The van der Waals surface area contributed by atoms with E-state index >= 15 is 0 Å². The Balaban J connectivity index is 2.44. The molecule has 3 heterocycles. The molecule has 2 atom stereocenters. The van der Waals surface area contributed by atoms with Crippen molar-refractivity contribution < 1.29 is 13.2 Å². The minimum atomic E-state index is -2.94. The van der Waals surface area contributed by atoms with Crippen LogP contribution in [0.3, 0.4) is 0 Å². The van der Waals surface area contributed by atoms with Gasteiger partial charge in [-0.25, -0.2) is 8.96 Å². The molecule has 2 unspecified atom stereocenters. The molecule has 3 aromatic rings. The van der Waals surface area contributed by atoms with Gasteiger partial charge < -0.3 is 5.11 Å². The largest absolute Gasteiger partial charge is 0.502 e. The lowest BCUT2D eigenvalue weighted by Crippen LogP contribution is -2.33. The van der Waals surface area contributed by atoms with Gasteiger partial charge in [0.1, 0.15) is 17.0 Å². The van der Waals surface area contributed by atoms with Gasteiger partial charge in [-0.15, -0.1) is 3.89 Å². The molecule has 0 spiro atoms. The number of benzene rings is 1. The number of imidazole rings is 1. The summed E-state index contributed by atoms with van der Waals surface area (Å²) in [4.78, 5) is 4.96. The van der Waals surface area contributed by atoms with Crippen molar-refractivity contribution in [3.05, 3.63) is 46.9 Å². The van der Waals surface area contributed by atoms with Crippen LogP contribution in [0, 0.1) is 0 Å². The van der Waals surface area contributed by atoms with Crippen LogP contribution < -0.4 is 4.95 Å². The average molecular weight is 413 g/mol. The number of halogens is 1. The summed E-state index contributed by atoms with van der Waals surface area (Å²) in [7, 11) is 0.511. The molecular weight excluding hydrogens is 394 g/mol. The van der Waals surface area contributed by atoms with Crippen molar-refractivity contribution in [2.24, 2.45) is 0 Å². The third kappa shape index (κ3) is 2.08. The molecule has 10 heteroatoms. The van der Waals surface area contributed by atoms with Gasteiger partial charge in [-0.1, -0.05) is 29.7 Å². The minimum absolute atomic E-state index is 0.00494. The Kier molecular flexibility index (Phi) is 4.11. The normalized spacial score (nSPS) is 20.1. The third-order valence-corrected chi connectivity index (χ3v) is 13.3. The number of aliphatic hydroxyl groups excluding tert-OH is 1. The molecule has 0 saturated carbocycles. The van der Waals surface area contributed by atoms with E-state index in [0.29, 0.717) is 22.0 Å². The van der Waals surface area contributed by atoms with E-state index in [-0.39, 0.29) is 24.0 Å². The molecule has 0 radical (unpaired) electrons. The highest BCUT2D eigenvalue weighted by molar-refractivity contribution is 8.26. The Morgan fingerprint density at radius 3 is 2.65 bits per heavy atom. The van der Waals surface area contributed by atoms with Gasteiger partial charge in [0, 0.05) is 20.0 Å². The summed E-state index contributed by atoms with van der Waals surface area (Å²) in [5, 5.41) is 11.8. The lowest BCUT2D eigenvalue weighted by molar-refractivity contribution is 0.502. The van der Waals surface area contributed by atoms with Crippen LogP contribution in [0.4, 0.5) is 3.89 Å². The van der Waals surface area contributed by atoms with E-state index in [2.05, 4.69) is 4.98 Å². The monoisotopic (exact) mass is 413 g/mol. The topological polar surface area (TPSA) is 63.3 Å². The van der Waals surface area contributed by atoms with E-state index < -0.39 is 16.0 Å². The number of nitrogens with zero attached hydrogens (tertiary/aromatic N) is 4. The lowest BCUT2D eigenvalue weighted by Gasteiger charge is -2.20. The molecule has 138 valence electrons. The first-order valence-electron chi connectivity index (χ1n) is 8.05. The fourth-order valence-corrected chi connectivity index (χ4v) is 12.4. The van der Waals surface area contributed by atoms with Gasteiger partial charge in [0.25, 0.3) is 9.48 Å². The van der Waals surface area contributed by atoms with Crippen molar-refractivity contribution >= 4 is 44.9 Å². The van der Waals surface area contributed by atoms with Gasteiger partial charge in [-0.3, -0.25) is 0 Å². The third-order valence-electron chi connectivity index (χ3n) is 4.45. The predicted molar refractivity (Wildman–Crippen MR) is 107 cm³/mol. The Hall–Kier alpha value is -1.54. The SMILES string of the molecule is CC(C)c1ncc2n1S(=O)(N(C)C)=[p+]1c(c3ccccc3n1SF)=C2O. The number of aromatic nitrogens is 3. The van der Waals surface area contributed by atoms with Crippen LogP contribution in [0.5, 0.6) is 0 Å². The van der Waals surface area contributed by atoms with E-state index in [1.54, 1.807) is 34.6 Å². The molecule has 26 heavy (non-hydrogen) atoms. The first-order valence-corrected chi connectivity index (χ1v) is 12.1. The summed E-state index contributed by atoms with van der Waals surface area (Å²) in [6, 6.07) is 7.26. The minimum Gasteiger partial charge on any atom is -0.502 e. The number of hydrogen-bond acceptors (Lipinski definition) is 4. The van der Waals surface area contributed by atoms with Crippen molar-refractivity contribution in [3.8, 4) is 0 Å². The van der Waals surface area contributed by atoms with E-state index in [9.17, 15) is 13.2 Å². The molecule has 0 fully saturated rings. The Bertz CT molecular complexity index is 1260. The second-order valence-corrected chi connectivity index (χ2v) is 13.2. The van der Waals surface area contributed by atoms with Gasteiger partial charge in [0.15, 0.2) is 5.76 Å². The fraction of sp³-hybridized carbons (Fsp3) is 0.312. The summed E-state index contributed by atoms with van der Waals surface area (Å²) >= 11 is 0.0513. The van der Waals surface area contributed by atoms with Crippen molar-refractivity contribution in [3.63, 3.8) is 0 Å². The van der Waals surface area contributed by atoms with Gasteiger partial charge in [0.05, 0.1) is 11.6 Å².